The van der Waals surface area contributed by atoms with E-state index < -0.39 is 17.7 Å². The topological polar surface area (TPSA) is 90.3 Å². The molecule has 0 spiro atoms. The molecule has 1 aliphatic heterocycles. The third-order valence-corrected chi connectivity index (χ3v) is 3.73. The van der Waals surface area contributed by atoms with Crippen molar-refractivity contribution in [3.63, 3.8) is 0 Å². The molecule has 2 amide bonds. The Labute approximate surface area is 124 Å². The van der Waals surface area contributed by atoms with Gasteiger partial charge in [-0.2, -0.15) is 0 Å². The molecule has 0 aromatic heterocycles. The van der Waals surface area contributed by atoms with Crippen LogP contribution in [0.3, 0.4) is 0 Å². The number of aliphatic hydroxyl groups excluding tert-OH is 1. The molecular formula is C14H24N2O5. The van der Waals surface area contributed by atoms with Gasteiger partial charge in [-0.05, 0) is 32.6 Å². The summed E-state index contributed by atoms with van der Waals surface area (Å²) in [5, 5.41) is 18.3. The van der Waals surface area contributed by atoms with Gasteiger partial charge in [0.2, 0.25) is 0 Å². The summed E-state index contributed by atoms with van der Waals surface area (Å²) < 4.78 is 5.68. The molecule has 21 heavy (non-hydrogen) atoms. The molecule has 1 aliphatic carbocycles. The maximum absolute atomic E-state index is 12.6. The van der Waals surface area contributed by atoms with Gasteiger partial charge in [-0.3, -0.25) is 4.79 Å². The second-order valence-electron chi connectivity index (χ2n) is 6.56. The van der Waals surface area contributed by atoms with Crippen LogP contribution in [0.5, 0.6) is 0 Å². The van der Waals surface area contributed by atoms with Crippen LogP contribution in [0.25, 0.3) is 0 Å². The van der Waals surface area contributed by atoms with E-state index in [0.29, 0.717) is 25.6 Å². The van der Waals surface area contributed by atoms with Gasteiger partial charge < -0.3 is 24.7 Å². The van der Waals surface area contributed by atoms with Crippen LogP contribution in [0.1, 0.15) is 26.7 Å². The molecule has 1 saturated carbocycles. The summed E-state index contributed by atoms with van der Waals surface area (Å²) >= 11 is 0. The molecule has 0 radical (unpaired) electrons. The molecule has 1 atom stereocenters. The van der Waals surface area contributed by atoms with E-state index in [2.05, 4.69) is 0 Å². The number of morpholine rings is 1. The summed E-state index contributed by atoms with van der Waals surface area (Å²) in [6.07, 6.45) is 1.68. The lowest BCUT2D eigenvalue weighted by atomic mass is 10.1. The predicted molar refractivity (Wildman–Crippen MR) is 74.9 cm³/mol. The van der Waals surface area contributed by atoms with Gasteiger partial charge in [-0.1, -0.05) is 0 Å². The van der Waals surface area contributed by atoms with Crippen molar-refractivity contribution in [3.05, 3.63) is 0 Å². The van der Waals surface area contributed by atoms with Crippen LogP contribution in [0.4, 0.5) is 4.79 Å². The highest BCUT2D eigenvalue weighted by atomic mass is 16.5. The van der Waals surface area contributed by atoms with Gasteiger partial charge in [0, 0.05) is 6.54 Å². The predicted octanol–water partition coefficient (Wildman–Crippen LogP) is 0.375. The molecule has 2 rings (SSSR count). The Bertz CT molecular complexity index is 408. The van der Waals surface area contributed by atoms with Crippen molar-refractivity contribution in [1.82, 2.24) is 9.80 Å². The van der Waals surface area contributed by atoms with E-state index in [9.17, 15) is 14.7 Å². The highest BCUT2D eigenvalue weighted by Gasteiger charge is 2.38. The standard InChI is InChI=1S/C14H24N2O5/c1-14(2)9-16(6-11(8-17)21-14)13(20)15(7-12(18)19)5-10-3-4-10/h10-11,17H,3-9H2,1-2H3,(H,18,19). The van der Waals surface area contributed by atoms with Crippen molar-refractivity contribution in [2.75, 3.05) is 32.8 Å². The SMILES string of the molecule is CC1(C)CN(C(=O)N(CC(=O)O)CC2CC2)CC(CO)O1. The Morgan fingerprint density at radius 3 is 2.57 bits per heavy atom. The van der Waals surface area contributed by atoms with Crippen molar-refractivity contribution in [2.24, 2.45) is 5.92 Å². The molecule has 2 fully saturated rings. The van der Waals surface area contributed by atoms with E-state index >= 15 is 0 Å². The minimum absolute atomic E-state index is 0.158. The van der Waals surface area contributed by atoms with E-state index in [-0.39, 0.29) is 19.2 Å². The Hall–Kier alpha value is -1.34. The van der Waals surface area contributed by atoms with E-state index in [4.69, 9.17) is 9.84 Å². The number of nitrogens with zero attached hydrogens (tertiary/aromatic N) is 2. The summed E-state index contributed by atoms with van der Waals surface area (Å²) in [7, 11) is 0. The largest absolute Gasteiger partial charge is 0.480 e. The Kier molecular flexibility index (Phi) is 4.73. The number of carbonyl (C=O) groups is 2. The van der Waals surface area contributed by atoms with Gasteiger partial charge in [-0.15, -0.1) is 0 Å². The number of hydrogen-bond acceptors (Lipinski definition) is 4. The number of aliphatic carboxylic acids is 1. The first-order valence-electron chi connectivity index (χ1n) is 7.35. The molecule has 1 saturated heterocycles. The first-order valence-corrected chi connectivity index (χ1v) is 7.35. The zero-order valence-electron chi connectivity index (χ0n) is 12.6. The number of carboxylic acid groups (broad SMARTS) is 1. The number of carbonyl (C=O) groups excluding carboxylic acids is 1. The third-order valence-electron chi connectivity index (χ3n) is 3.73. The van der Waals surface area contributed by atoms with Gasteiger partial charge in [0.25, 0.3) is 0 Å². The monoisotopic (exact) mass is 300 g/mol. The van der Waals surface area contributed by atoms with Crippen LogP contribution in [0.2, 0.25) is 0 Å². The lowest BCUT2D eigenvalue weighted by molar-refractivity contribution is -0.142. The lowest BCUT2D eigenvalue weighted by Crippen LogP contribution is -2.58. The van der Waals surface area contributed by atoms with Crippen LogP contribution in [-0.4, -0.2) is 76.5 Å². The molecular weight excluding hydrogens is 276 g/mol. The Morgan fingerprint density at radius 2 is 2.05 bits per heavy atom. The number of hydrogen-bond donors (Lipinski definition) is 2. The number of amides is 2. The number of rotatable bonds is 5. The van der Waals surface area contributed by atoms with E-state index in [1.807, 2.05) is 13.8 Å². The quantitative estimate of drug-likeness (QED) is 0.766. The second kappa shape index (κ2) is 6.19. The van der Waals surface area contributed by atoms with Crippen LogP contribution in [0, 0.1) is 5.92 Å². The van der Waals surface area contributed by atoms with Gasteiger partial charge in [0.1, 0.15) is 6.54 Å². The van der Waals surface area contributed by atoms with Crippen LogP contribution < -0.4 is 0 Å². The lowest BCUT2D eigenvalue weighted by Gasteiger charge is -2.43. The van der Waals surface area contributed by atoms with Crippen LogP contribution in [0.15, 0.2) is 0 Å². The normalized spacial score (nSPS) is 24.7. The fourth-order valence-corrected chi connectivity index (χ4v) is 2.72. The molecule has 0 bridgehead atoms. The highest BCUT2D eigenvalue weighted by Crippen LogP contribution is 2.30. The van der Waals surface area contributed by atoms with E-state index in [1.165, 1.54) is 4.90 Å². The minimum atomic E-state index is -1.00. The van der Waals surface area contributed by atoms with Crippen molar-refractivity contribution in [1.29, 1.82) is 0 Å². The molecule has 2 N–H and O–H groups in total. The molecule has 0 aromatic carbocycles. The smallest absolute Gasteiger partial charge is 0.323 e. The average Bonchev–Trinajstić information content (AvgIpc) is 3.18. The maximum atomic E-state index is 12.6. The summed E-state index contributed by atoms with van der Waals surface area (Å²) in [6.45, 7) is 4.45. The van der Waals surface area contributed by atoms with Gasteiger partial charge in [0.05, 0.1) is 31.4 Å². The first-order chi connectivity index (χ1) is 9.80. The molecule has 7 nitrogen and oxygen atoms in total. The molecule has 1 heterocycles. The summed E-state index contributed by atoms with van der Waals surface area (Å²) in [5.41, 5.74) is -0.546. The zero-order chi connectivity index (χ0) is 15.6. The van der Waals surface area contributed by atoms with Gasteiger partial charge in [0.15, 0.2) is 0 Å². The fourth-order valence-electron chi connectivity index (χ4n) is 2.72. The molecule has 120 valence electrons. The number of carboxylic acids is 1. The van der Waals surface area contributed by atoms with Gasteiger partial charge in [-0.25, -0.2) is 4.79 Å². The first kappa shape index (κ1) is 16.0. The number of ether oxygens (including phenoxy) is 1. The third kappa shape index (κ3) is 4.57. The molecule has 0 aromatic rings. The number of aliphatic hydroxyl groups is 1. The van der Waals surface area contributed by atoms with Crippen LogP contribution in [-0.2, 0) is 9.53 Å². The van der Waals surface area contributed by atoms with E-state index in [0.717, 1.165) is 12.8 Å². The van der Waals surface area contributed by atoms with E-state index in [1.54, 1.807) is 4.90 Å². The maximum Gasteiger partial charge on any atom is 0.323 e. The van der Waals surface area contributed by atoms with Crippen molar-refractivity contribution < 1.29 is 24.5 Å². The Morgan fingerprint density at radius 1 is 1.38 bits per heavy atom. The zero-order valence-corrected chi connectivity index (χ0v) is 12.6. The fraction of sp³-hybridized carbons (Fsp3) is 0.857. The minimum Gasteiger partial charge on any atom is -0.480 e. The summed E-state index contributed by atoms with van der Waals surface area (Å²) in [4.78, 5) is 26.6. The average molecular weight is 300 g/mol. The Balaban J connectivity index is 2.04. The highest BCUT2D eigenvalue weighted by molar-refractivity contribution is 5.80. The van der Waals surface area contributed by atoms with Crippen molar-refractivity contribution in [2.45, 2.75) is 38.4 Å². The molecule has 1 unspecified atom stereocenters. The van der Waals surface area contributed by atoms with Crippen molar-refractivity contribution >= 4 is 12.0 Å². The van der Waals surface area contributed by atoms with Crippen molar-refractivity contribution in [3.8, 4) is 0 Å². The summed E-state index contributed by atoms with van der Waals surface area (Å²) in [6, 6.07) is -0.279. The molecule has 7 heteroatoms. The van der Waals surface area contributed by atoms with Gasteiger partial charge >= 0.3 is 12.0 Å². The molecule has 2 aliphatic rings. The van der Waals surface area contributed by atoms with Crippen LogP contribution >= 0.6 is 0 Å². The second-order valence-corrected chi connectivity index (χ2v) is 6.56. The summed E-state index contributed by atoms with van der Waals surface area (Å²) in [5.74, 6) is -0.578. The number of urea groups is 1.